The number of nitro benzene ring substituents is 1. The van der Waals surface area contributed by atoms with Crippen molar-refractivity contribution in [3.8, 4) is 5.75 Å². The molecule has 0 spiro atoms. The fourth-order valence-corrected chi connectivity index (χ4v) is 1.09. The van der Waals surface area contributed by atoms with E-state index in [2.05, 4.69) is 15.3 Å². The van der Waals surface area contributed by atoms with Crippen LogP contribution in [0.25, 0.3) is 0 Å². The maximum absolute atomic E-state index is 10.9. The molecule has 8 nitrogen and oxygen atoms in total. The number of nitrogens with zero attached hydrogens (tertiary/aromatic N) is 2. The van der Waals surface area contributed by atoms with E-state index in [0.29, 0.717) is 5.56 Å². The minimum Gasteiger partial charge on any atom is -0.502 e. The Balaban J connectivity index is 2.73. The van der Waals surface area contributed by atoms with Gasteiger partial charge in [-0.2, -0.15) is 5.10 Å². The van der Waals surface area contributed by atoms with Crippen molar-refractivity contribution in [3.05, 3.63) is 33.9 Å². The lowest BCUT2D eigenvalue weighted by atomic mass is 10.2. The third-order valence-electron chi connectivity index (χ3n) is 1.84. The number of carbonyl (C=O) groups is 1. The number of ether oxygens (including phenoxy) is 1. The van der Waals surface area contributed by atoms with Crippen molar-refractivity contribution in [2.45, 2.75) is 6.92 Å². The van der Waals surface area contributed by atoms with Crippen molar-refractivity contribution in [2.24, 2.45) is 5.10 Å². The van der Waals surface area contributed by atoms with Crippen molar-refractivity contribution in [1.82, 2.24) is 5.43 Å². The van der Waals surface area contributed by atoms with Crippen LogP contribution < -0.4 is 5.43 Å². The standard InChI is InChI=1S/C10H11N3O5/c1-2-18-10(15)12-11-6-7-3-4-9(14)8(5-7)13(16)17/h3-6,14H,2H2,1H3,(H,12,15)/b11-6-. The first-order valence-corrected chi connectivity index (χ1v) is 4.97. The lowest BCUT2D eigenvalue weighted by Gasteiger charge is -1.99. The van der Waals surface area contributed by atoms with Gasteiger partial charge in [-0.15, -0.1) is 0 Å². The summed E-state index contributed by atoms with van der Waals surface area (Å²) in [6.07, 6.45) is 0.477. The summed E-state index contributed by atoms with van der Waals surface area (Å²) in [5.74, 6) is -0.435. The van der Waals surface area contributed by atoms with Gasteiger partial charge in [0.2, 0.25) is 0 Å². The highest BCUT2D eigenvalue weighted by Crippen LogP contribution is 2.25. The van der Waals surface area contributed by atoms with E-state index in [1.807, 2.05) is 0 Å². The number of rotatable bonds is 4. The van der Waals surface area contributed by atoms with E-state index in [-0.39, 0.29) is 6.61 Å². The van der Waals surface area contributed by atoms with Gasteiger partial charge in [0.05, 0.1) is 17.7 Å². The molecular weight excluding hydrogens is 242 g/mol. The molecule has 18 heavy (non-hydrogen) atoms. The maximum Gasteiger partial charge on any atom is 0.427 e. The quantitative estimate of drug-likeness (QED) is 0.478. The first-order chi connectivity index (χ1) is 8.54. The second-order valence-electron chi connectivity index (χ2n) is 3.10. The molecular formula is C10H11N3O5. The summed E-state index contributed by atoms with van der Waals surface area (Å²) < 4.78 is 4.55. The van der Waals surface area contributed by atoms with Crippen LogP contribution >= 0.6 is 0 Å². The molecule has 8 heteroatoms. The molecule has 1 aromatic carbocycles. The van der Waals surface area contributed by atoms with Gasteiger partial charge in [0.25, 0.3) is 0 Å². The predicted octanol–water partition coefficient (Wildman–Crippen LogP) is 1.38. The first kappa shape index (κ1) is 13.4. The van der Waals surface area contributed by atoms with Gasteiger partial charge >= 0.3 is 11.8 Å². The number of phenolic OH excluding ortho intramolecular Hbond substituents is 1. The van der Waals surface area contributed by atoms with Crippen LogP contribution in [0.3, 0.4) is 0 Å². The number of aromatic hydroxyl groups is 1. The summed E-state index contributed by atoms with van der Waals surface area (Å²) in [4.78, 5) is 20.7. The van der Waals surface area contributed by atoms with E-state index in [4.69, 9.17) is 0 Å². The average molecular weight is 253 g/mol. The Hall–Kier alpha value is -2.64. The van der Waals surface area contributed by atoms with Crippen LogP contribution in [0.4, 0.5) is 10.5 Å². The van der Waals surface area contributed by atoms with Crippen LogP contribution in [-0.4, -0.2) is 28.9 Å². The van der Waals surface area contributed by atoms with Crippen LogP contribution in [0.15, 0.2) is 23.3 Å². The van der Waals surface area contributed by atoms with Gasteiger partial charge in [-0.3, -0.25) is 10.1 Å². The summed E-state index contributed by atoms with van der Waals surface area (Å²) in [5.41, 5.74) is 1.99. The SMILES string of the molecule is CCOC(=O)N/N=C\c1ccc(O)c([N+](=O)[O-])c1. The number of carbonyl (C=O) groups excluding carboxylic acids is 1. The number of phenols is 1. The number of nitro groups is 1. The van der Waals surface area contributed by atoms with Crippen molar-refractivity contribution in [2.75, 3.05) is 6.61 Å². The average Bonchev–Trinajstić information content (AvgIpc) is 2.31. The molecule has 1 rings (SSSR count). The van der Waals surface area contributed by atoms with Crippen LogP contribution in [0.2, 0.25) is 0 Å². The summed E-state index contributed by atoms with van der Waals surface area (Å²) in [5, 5.41) is 23.3. The molecule has 0 heterocycles. The van der Waals surface area contributed by atoms with Crippen LogP contribution in [0.1, 0.15) is 12.5 Å². The van der Waals surface area contributed by atoms with Gasteiger partial charge < -0.3 is 9.84 Å². The second-order valence-corrected chi connectivity index (χ2v) is 3.10. The topological polar surface area (TPSA) is 114 Å². The molecule has 1 aromatic rings. The van der Waals surface area contributed by atoms with Crippen molar-refractivity contribution < 1.29 is 19.6 Å². The number of hydrogen-bond donors (Lipinski definition) is 2. The molecule has 0 unspecified atom stereocenters. The molecule has 96 valence electrons. The molecule has 0 aliphatic heterocycles. The summed E-state index contributed by atoms with van der Waals surface area (Å²) in [6.45, 7) is 1.86. The zero-order chi connectivity index (χ0) is 13.5. The van der Waals surface area contributed by atoms with Gasteiger partial charge in [-0.1, -0.05) is 0 Å². The molecule has 0 aliphatic rings. The summed E-state index contributed by atoms with van der Waals surface area (Å²) in [6, 6.07) is 3.72. The second kappa shape index (κ2) is 6.18. The molecule has 0 saturated carbocycles. The van der Waals surface area contributed by atoms with E-state index in [1.54, 1.807) is 6.92 Å². The minimum absolute atomic E-state index is 0.214. The highest BCUT2D eigenvalue weighted by Gasteiger charge is 2.12. The zero-order valence-electron chi connectivity index (χ0n) is 9.49. The largest absolute Gasteiger partial charge is 0.502 e. The molecule has 2 N–H and O–H groups in total. The Morgan fingerprint density at radius 3 is 3.00 bits per heavy atom. The Kier molecular flexibility index (Phi) is 4.61. The van der Waals surface area contributed by atoms with Crippen molar-refractivity contribution >= 4 is 18.0 Å². The van der Waals surface area contributed by atoms with Gasteiger partial charge in [0.1, 0.15) is 0 Å². The molecule has 0 atom stereocenters. The number of benzene rings is 1. The molecule has 0 aliphatic carbocycles. The Morgan fingerprint density at radius 1 is 1.67 bits per heavy atom. The third kappa shape index (κ3) is 3.74. The Labute approximate surface area is 102 Å². The third-order valence-corrected chi connectivity index (χ3v) is 1.84. The Bertz CT molecular complexity index is 486. The fraction of sp³-hybridized carbons (Fsp3) is 0.200. The lowest BCUT2D eigenvalue weighted by molar-refractivity contribution is -0.385. The molecule has 0 fully saturated rings. The number of hydrazone groups is 1. The van der Waals surface area contributed by atoms with Gasteiger partial charge in [-0.05, 0) is 19.1 Å². The normalized spacial score (nSPS) is 10.3. The molecule has 1 amide bonds. The molecule has 0 aromatic heterocycles. The fourth-order valence-electron chi connectivity index (χ4n) is 1.09. The highest BCUT2D eigenvalue weighted by atomic mass is 16.6. The zero-order valence-corrected chi connectivity index (χ0v) is 9.49. The highest BCUT2D eigenvalue weighted by molar-refractivity contribution is 5.82. The van der Waals surface area contributed by atoms with Crippen LogP contribution in [0.5, 0.6) is 5.75 Å². The predicted molar refractivity (Wildman–Crippen MR) is 62.5 cm³/mol. The summed E-state index contributed by atoms with van der Waals surface area (Å²) in [7, 11) is 0. The van der Waals surface area contributed by atoms with Gasteiger partial charge in [0.15, 0.2) is 5.75 Å². The van der Waals surface area contributed by atoms with Crippen molar-refractivity contribution in [1.29, 1.82) is 0 Å². The van der Waals surface area contributed by atoms with E-state index < -0.39 is 22.5 Å². The maximum atomic E-state index is 10.9. The van der Waals surface area contributed by atoms with E-state index in [0.717, 1.165) is 6.07 Å². The molecule has 0 radical (unpaired) electrons. The van der Waals surface area contributed by atoms with Gasteiger partial charge in [0, 0.05) is 11.6 Å². The van der Waals surface area contributed by atoms with Crippen LogP contribution in [0, 0.1) is 10.1 Å². The monoisotopic (exact) mass is 253 g/mol. The number of hydrogen-bond acceptors (Lipinski definition) is 6. The minimum atomic E-state index is -0.720. The first-order valence-electron chi connectivity index (χ1n) is 4.97. The van der Waals surface area contributed by atoms with Crippen molar-refractivity contribution in [3.63, 3.8) is 0 Å². The smallest absolute Gasteiger partial charge is 0.427 e. The number of nitrogens with one attached hydrogen (secondary N) is 1. The van der Waals surface area contributed by atoms with E-state index in [9.17, 15) is 20.0 Å². The van der Waals surface area contributed by atoms with E-state index in [1.165, 1.54) is 18.3 Å². The van der Waals surface area contributed by atoms with E-state index >= 15 is 0 Å². The van der Waals surface area contributed by atoms with Crippen LogP contribution in [-0.2, 0) is 4.74 Å². The summed E-state index contributed by atoms with van der Waals surface area (Å²) >= 11 is 0. The molecule has 0 bridgehead atoms. The lowest BCUT2D eigenvalue weighted by Crippen LogP contribution is -2.18. The van der Waals surface area contributed by atoms with Gasteiger partial charge in [-0.25, -0.2) is 10.2 Å². The Morgan fingerprint density at radius 2 is 2.39 bits per heavy atom. The number of amides is 1. The molecule has 0 saturated heterocycles.